The molecule has 3 aromatic heterocycles. The van der Waals surface area contributed by atoms with Crippen molar-refractivity contribution >= 4 is 29.0 Å². The number of halogens is 1. The largest absolute Gasteiger partial charge is 0.378 e. The smallest absolute Gasteiger partial charge is 0.288 e. The van der Waals surface area contributed by atoms with Crippen LogP contribution in [-0.2, 0) is 4.74 Å². The number of pyridine rings is 1. The number of ether oxygens (including phenoxy) is 1. The van der Waals surface area contributed by atoms with Gasteiger partial charge in [0.25, 0.3) is 5.91 Å². The fourth-order valence-corrected chi connectivity index (χ4v) is 3.54. The number of rotatable bonds is 7. The summed E-state index contributed by atoms with van der Waals surface area (Å²) in [4.78, 5) is 35.1. The standard InChI is InChI=1S/C24H22FN9O2/c25-19-15-29-24(31-22(19)34-9-11-36-12-10-34)33-32-23(35)20-6-5-18(14-28-20)30-17-4-1-3-16(13-17)21-26-7-2-8-27-21/h1-8,13-15,30H,9-12H2,(H,32,35)(H,29,31,33). The summed E-state index contributed by atoms with van der Waals surface area (Å²) in [5.74, 6) is -0.194. The van der Waals surface area contributed by atoms with Gasteiger partial charge < -0.3 is 15.0 Å². The third-order valence-corrected chi connectivity index (χ3v) is 5.30. The summed E-state index contributed by atoms with van der Waals surface area (Å²) < 4.78 is 19.5. The van der Waals surface area contributed by atoms with Crippen LogP contribution in [0.25, 0.3) is 11.4 Å². The molecule has 1 fully saturated rings. The zero-order valence-corrected chi connectivity index (χ0v) is 19.1. The zero-order valence-electron chi connectivity index (χ0n) is 19.1. The third kappa shape index (κ3) is 5.50. The summed E-state index contributed by atoms with van der Waals surface area (Å²) in [6, 6.07) is 12.7. The normalized spacial score (nSPS) is 13.2. The summed E-state index contributed by atoms with van der Waals surface area (Å²) in [6.07, 6.45) is 5.99. The molecule has 0 spiro atoms. The van der Waals surface area contributed by atoms with Crippen LogP contribution < -0.4 is 21.1 Å². The van der Waals surface area contributed by atoms with Gasteiger partial charge >= 0.3 is 0 Å². The Morgan fingerprint density at radius 3 is 2.56 bits per heavy atom. The van der Waals surface area contributed by atoms with Crippen LogP contribution in [0.3, 0.4) is 0 Å². The van der Waals surface area contributed by atoms with Gasteiger partial charge in [-0.3, -0.25) is 15.6 Å². The van der Waals surface area contributed by atoms with Gasteiger partial charge in [0.2, 0.25) is 5.95 Å². The molecule has 5 rings (SSSR count). The van der Waals surface area contributed by atoms with Crippen molar-refractivity contribution in [3.8, 4) is 11.4 Å². The first-order valence-corrected chi connectivity index (χ1v) is 11.2. The van der Waals surface area contributed by atoms with E-state index in [1.54, 1.807) is 41.7 Å². The minimum atomic E-state index is -0.541. The van der Waals surface area contributed by atoms with E-state index >= 15 is 0 Å². The number of amides is 1. The van der Waals surface area contributed by atoms with E-state index in [2.05, 4.69) is 41.1 Å². The Hall–Kier alpha value is -4.71. The number of hydrogen-bond donors (Lipinski definition) is 3. The van der Waals surface area contributed by atoms with Gasteiger partial charge in [-0.1, -0.05) is 12.1 Å². The molecule has 1 aliphatic rings. The van der Waals surface area contributed by atoms with E-state index < -0.39 is 11.7 Å². The quantitative estimate of drug-likeness (QED) is 0.335. The average molecular weight is 487 g/mol. The Balaban J connectivity index is 1.20. The molecule has 1 amide bonds. The average Bonchev–Trinajstić information content (AvgIpc) is 2.94. The first-order chi connectivity index (χ1) is 17.7. The highest BCUT2D eigenvalue weighted by Gasteiger charge is 2.18. The van der Waals surface area contributed by atoms with Crippen LogP contribution in [0, 0.1) is 5.82 Å². The minimum absolute atomic E-state index is 0.0619. The van der Waals surface area contributed by atoms with E-state index in [1.165, 1.54) is 0 Å². The predicted molar refractivity (Wildman–Crippen MR) is 131 cm³/mol. The molecule has 1 saturated heterocycles. The lowest BCUT2D eigenvalue weighted by atomic mass is 10.2. The number of nitrogens with zero attached hydrogens (tertiary/aromatic N) is 6. The van der Waals surface area contributed by atoms with E-state index in [1.807, 2.05) is 24.3 Å². The summed E-state index contributed by atoms with van der Waals surface area (Å²) in [6.45, 7) is 2.03. The van der Waals surface area contributed by atoms with Crippen molar-refractivity contribution in [3.63, 3.8) is 0 Å². The molecular weight excluding hydrogens is 465 g/mol. The number of hydrogen-bond acceptors (Lipinski definition) is 10. The van der Waals surface area contributed by atoms with Crippen LogP contribution in [0.2, 0.25) is 0 Å². The van der Waals surface area contributed by atoms with Crippen LogP contribution in [0.4, 0.5) is 27.5 Å². The fourth-order valence-electron chi connectivity index (χ4n) is 3.54. The Morgan fingerprint density at radius 1 is 0.944 bits per heavy atom. The second kappa shape index (κ2) is 10.7. The molecule has 3 N–H and O–H groups in total. The zero-order chi connectivity index (χ0) is 24.7. The van der Waals surface area contributed by atoms with Crippen LogP contribution in [0.15, 0.2) is 67.3 Å². The molecular formula is C24H22FN9O2. The van der Waals surface area contributed by atoms with Gasteiger partial charge in [-0.15, -0.1) is 0 Å². The molecule has 12 heteroatoms. The number of morpholine rings is 1. The summed E-state index contributed by atoms with van der Waals surface area (Å²) in [5, 5.41) is 3.25. The van der Waals surface area contributed by atoms with E-state index in [0.717, 1.165) is 17.4 Å². The van der Waals surface area contributed by atoms with Gasteiger partial charge in [0.05, 0.1) is 31.3 Å². The van der Waals surface area contributed by atoms with Crippen LogP contribution >= 0.6 is 0 Å². The van der Waals surface area contributed by atoms with E-state index in [4.69, 9.17) is 4.74 Å². The number of benzene rings is 1. The highest BCUT2D eigenvalue weighted by molar-refractivity contribution is 5.93. The highest BCUT2D eigenvalue weighted by atomic mass is 19.1. The number of hydrazine groups is 1. The molecule has 0 aliphatic carbocycles. The molecule has 1 aromatic carbocycles. The van der Waals surface area contributed by atoms with Gasteiger partial charge in [0, 0.05) is 36.7 Å². The molecule has 1 aliphatic heterocycles. The number of carbonyl (C=O) groups excluding carboxylic acids is 1. The first kappa shape index (κ1) is 23.1. The maximum atomic E-state index is 14.2. The molecule has 36 heavy (non-hydrogen) atoms. The topological polar surface area (TPSA) is 130 Å². The predicted octanol–water partition coefficient (Wildman–Crippen LogP) is 2.80. The molecule has 4 heterocycles. The summed E-state index contributed by atoms with van der Waals surface area (Å²) in [7, 11) is 0. The van der Waals surface area contributed by atoms with Crippen molar-refractivity contribution in [2.75, 3.05) is 41.9 Å². The molecule has 0 bridgehead atoms. The monoisotopic (exact) mass is 487 g/mol. The van der Waals surface area contributed by atoms with Gasteiger partial charge in [-0.05, 0) is 30.3 Å². The summed E-state index contributed by atoms with van der Waals surface area (Å²) in [5.41, 5.74) is 7.66. The molecule has 0 unspecified atom stereocenters. The van der Waals surface area contributed by atoms with Gasteiger partial charge in [0.15, 0.2) is 17.5 Å². The minimum Gasteiger partial charge on any atom is -0.378 e. The van der Waals surface area contributed by atoms with E-state index in [-0.39, 0.29) is 17.5 Å². The Kier molecular flexibility index (Phi) is 6.85. The Morgan fingerprint density at radius 2 is 1.78 bits per heavy atom. The van der Waals surface area contributed by atoms with Crippen molar-refractivity contribution in [1.82, 2.24) is 30.3 Å². The number of nitrogens with one attached hydrogen (secondary N) is 3. The van der Waals surface area contributed by atoms with Crippen LogP contribution in [0.5, 0.6) is 0 Å². The van der Waals surface area contributed by atoms with Gasteiger partial charge in [-0.25, -0.2) is 24.3 Å². The van der Waals surface area contributed by atoms with Crippen molar-refractivity contribution in [1.29, 1.82) is 0 Å². The lowest BCUT2D eigenvalue weighted by Gasteiger charge is -2.28. The third-order valence-electron chi connectivity index (χ3n) is 5.30. The summed E-state index contributed by atoms with van der Waals surface area (Å²) >= 11 is 0. The highest BCUT2D eigenvalue weighted by Crippen LogP contribution is 2.22. The number of aromatic nitrogens is 5. The lowest BCUT2D eigenvalue weighted by molar-refractivity contribution is 0.0957. The fraction of sp³-hybridized carbons (Fsp3) is 0.167. The number of carbonyl (C=O) groups is 1. The molecule has 0 atom stereocenters. The molecule has 182 valence electrons. The second-order valence-electron chi connectivity index (χ2n) is 7.75. The van der Waals surface area contributed by atoms with Crippen LogP contribution in [-0.4, -0.2) is 57.1 Å². The maximum Gasteiger partial charge on any atom is 0.288 e. The Bertz CT molecular complexity index is 1330. The maximum absolute atomic E-state index is 14.2. The lowest BCUT2D eigenvalue weighted by Crippen LogP contribution is -2.38. The molecule has 0 saturated carbocycles. The molecule has 4 aromatic rings. The molecule has 11 nitrogen and oxygen atoms in total. The van der Waals surface area contributed by atoms with Crippen LogP contribution in [0.1, 0.15) is 10.5 Å². The van der Waals surface area contributed by atoms with E-state index in [0.29, 0.717) is 37.8 Å². The van der Waals surface area contributed by atoms with Gasteiger partial charge in [0.1, 0.15) is 5.69 Å². The van der Waals surface area contributed by atoms with Gasteiger partial charge in [-0.2, -0.15) is 4.98 Å². The van der Waals surface area contributed by atoms with Crippen molar-refractivity contribution in [2.45, 2.75) is 0 Å². The molecule has 0 radical (unpaired) electrons. The van der Waals surface area contributed by atoms with Crippen molar-refractivity contribution in [3.05, 3.63) is 78.8 Å². The first-order valence-electron chi connectivity index (χ1n) is 11.2. The Labute approximate surface area is 205 Å². The van der Waals surface area contributed by atoms with E-state index in [9.17, 15) is 9.18 Å². The van der Waals surface area contributed by atoms with Crippen molar-refractivity contribution in [2.24, 2.45) is 0 Å². The van der Waals surface area contributed by atoms with Crippen molar-refractivity contribution < 1.29 is 13.9 Å². The SMILES string of the molecule is O=C(NNc1ncc(F)c(N2CCOCC2)n1)c1ccc(Nc2cccc(-c3ncccn3)c2)cn1. The number of anilines is 4. The second-order valence-corrected chi connectivity index (χ2v) is 7.75.